The topological polar surface area (TPSA) is 24.9 Å². The van der Waals surface area contributed by atoms with Gasteiger partial charge in [-0.2, -0.15) is 13.2 Å². The van der Waals surface area contributed by atoms with Crippen LogP contribution in [-0.4, -0.2) is 11.5 Å². The summed E-state index contributed by atoms with van der Waals surface area (Å²) < 4.78 is 66.7. The van der Waals surface area contributed by atoms with E-state index in [0.717, 1.165) is 12.1 Å². The summed E-state index contributed by atoms with van der Waals surface area (Å²) in [5.41, 5.74) is -2.14. The monoisotopic (exact) mass is 304 g/mol. The molecule has 0 unspecified atom stereocenters. The van der Waals surface area contributed by atoms with E-state index in [1.54, 1.807) is 0 Å². The minimum atomic E-state index is -4.74. The normalized spacial score (nSPS) is 12.0. The first-order valence-electron chi connectivity index (χ1n) is 6.36. The van der Waals surface area contributed by atoms with E-state index in [1.807, 2.05) is 6.92 Å². The second kappa shape index (κ2) is 5.46. The van der Waals surface area contributed by atoms with Crippen LogP contribution in [0.4, 0.5) is 27.6 Å². The summed E-state index contributed by atoms with van der Waals surface area (Å²) in [7, 11) is 0. The summed E-state index contributed by atoms with van der Waals surface area (Å²) in [6.45, 7) is 3.35. The van der Waals surface area contributed by atoms with Crippen LogP contribution in [0.1, 0.15) is 24.6 Å². The highest BCUT2D eigenvalue weighted by atomic mass is 19.4. The first-order valence-corrected chi connectivity index (χ1v) is 6.36. The van der Waals surface area contributed by atoms with Crippen molar-refractivity contribution in [2.75, 3.05) is 11.9 Å². The predicted octanol–water partition coefficient (Wildman–Crippen LogP) is 4.66. The Labute approximate surface area is 118 Å². The van der Waals surface area contributed by atoms with Crippen LogP contribution in [-0.2, 0) is 6.18 Å². The number of aromatic nitrogens is 1. The molecule has 0 fully saturated rings. The molecule has 21 heavy (non-hydrogen) atoms. The summed E-state index contributed by atoms with van der Waals surface area (Å²) in [6, 6.07) is 1.65. The lowest BCUT2D eigenvalue weighted by Gasteiger charge is -2.17. The minimum absolute atomic E-state index is 0.0637. The molecule has 1 N–H and O–H groups in total. The summed E-state index contributed by atoms with van der Waals surface area (Å²) >= 11 is 0. The molecule has 0 saturated heterocycles. The zero-order valence-corrected chi connectivity index (χ0v) is 11.4. The van der Waals surface area contributed by atoms with Crippen LogP contribution in [0.25, 0.3) is 10.9 Å². The fourth-order valence-corrected chi connectivity index (χ4v) is 2.14. The Morgan fingerprint density at radius 1 is 1.14 bits per heavy atom. The fourth-order valence-electron chi connectivity index (χ4n) is 2.14. The Morgan fingerprint density at radius 3 is 2.33 bits per heavy atom. The van der Waals surface area contributed by atoms with E-state index in [4.69, 9.17) is 0 Å². The largest absolute Gasteiger partial charge is 0.433 e. The average molecular weight is 304 g/mol. The number of hydrogen-bond acceptors (Lipinski definition) is 2. The van der Waals surface area contributed by atoms with E-state index in [-0.39, 0.29) is 16.6 Å². The van der Waals surface area contributed by atoms with Crippen LogP contribution >= 0.6 is 0 Å². The van der Waals surface area contributed by atoms with E-state index >= 15 is 0 Å². The van der Waals surface area contributed by atoms with E-state index in [9.17, 15) is 22.0 Å². The SMILES string of the molecule is CCCNc1c(C)c(C(F)(F)F)nc2c(F)ccc(F)c12. The summed E-state index contributed by atoms with van der Waals surface area (Å²) in [4.78, 5) is 3.30. The Morgan fingerprint density at radius 2 is 1.76 bits per heavy atom. The molecule has 0 aliphatic carbocycles. The van der Waals surface area contributed by atoms with Gasteiger partial charge in [0.25, 0.3) is 0 Å². The van der Waals surface area contributed by atoms with Crippen molar-refractivity contribution in [2.45, 2.75) is 26.4 Å². The van der Waals surface area contributed by atoms with Gasteiger partial charge in [-0.05, 0) is 25.5 Å². The molecule has 0 bridgehead atoms. The lowest BCUT2D eigenvalue weighted by Crippen LogP contribution is -2.14. The zero-order valence-electron chi connectivity index (χ0n) is 11.4. The number of fused-ring (bicyclic) bond motifs is 1. The lowest BCUT2D eigenvalue weighted by atomic mass is 10.1. The van der Waals surface area contributed by atoms with Crippen molar-refractivity contribution in [3.63, 3.8) is 0 Å². The van der Waals surface area contributed by atoms with E-state index < -0.39 is 29.0 Å². The molecule has 0 spiro atoms. The van der Waals surface area contributed by atoms with Crippen LogP contribution in [0.5, 0.6) is 0 Å². The maximum Gasteiger partial charge on any atom is 0.433 e. The van der Waals surface area contributed by atoms with Crippen molar-refractivity contribution in [1.29, 1.82) is 0 Å². The number of rotatable bonds is 3. The Bertz CT molecular complexity index is 679. The maximum absolute atomic E-state index is 13.9. The van der Waals surface area contributed by atoms with Crippen LogP contribution in [0, 0.1) is 18.6 Å². The maximum atomic E-state index is 13.9. The molecular weight excluding hydrogens is 291 g/mol. The number of benzene rings is 1. The molecule has 0 atom stereocenters. The van der Waals surface area contributed by atoms with Gasteiger partial charge in [0.2, 0.25) is 0 Å². The van der Waals surface area contributed by atoms with Crippen LogP contribution in [0.3, 0.4) is 0 Å². The second-order valence-corrected chi connectivity index (χ2v) is 4.64. The molecule has 114 valence electrons. The Balaban J connectivity index is 2.86. The summed E-state index contributed by atoms with van der Waals surface area (Å²) in [5, 5.41) is 2.48. The number of anilines is 1. The van der Waals surface area contributed by atoms with Gasteiger partial charge in [0.15, 0.2) is 0 Å². The van der Waals surface area contributed by atoms with Gasteiger partial charge < -0.3 is 5.32 Å². The highest BCUT2D eigenvalue weighted by molar-refractivity contribution is 5.94. The molecule has 2 nitrogen and oxygen atoms in total. The van der Waals surface area contributed by atoms with Crippen molar-refractivity contribution in [2.24, 2.45) is 0 Å². The van der Waals surface area contributed by atoms with Gasteiger partial charge in [0, 0.05) is 12.1 Å². The van der Waals surface area contributed by atoms with Gasteiger partial charge in [0.1, 0.15) is 22.8 Å². The summed E-state index contributed by atoms with van der Waals surface area (Å²) in [6.07, 6.45) is -4.11. The number of alkyl halides is 3. The highest BCUT2D eigenvalue weighted by Gasteiger charge is 2.36. The second-order valence-electron chi connectivity index (χ2n) is 4.64. The number of pyridine rings is 1. The van der Waals surface area contributed by atoms with E-state index in [0.29, 0.717) is 13.0 Å². The average Bonchev–Trinajstić information content (AvgIpc) is 2.40. The van der Waals surface area contributed by atoms with Gasteiger partial charge >= 0.3 is 6.18 Å². The molecule has 1 heterocycles. The van der Waals surface area contributed by atoms with Crippen molar-refractivity contribution >= 4 is 16.6 Å². The van der Waals surface area contributed by atoms with Crippen LogP contribution in [0.15, 0.2) is 12.1 Å². The fraction of sp³-hybridized carbons (Fsp3) is 0.357. The van der Waals surface area contributed by atoms with Gasteiger partial charge in [-0.25, -0.2) is 13.8 Å². The molecule has 0 saturated carbocycles. The number of nitrogens with zero attached hydrogens (tertiary/aromatic N) is 1. The van der Waals surface area contributed by atoms with Gasteiger partial charge in [-0.15, -0.1) is 0 Å². The lowest BCUT2D eigenvalue weighted by molar-refractivity contribution is -0.141. The quantitative estimate of drug-likeness (QED) is 0.834. The highest BCUT2D eigenvalue weighted by Crippen LogP contribution is 2.38. The number of nitrogens with one attached hydrogen (secondary N) is 1. The molecule has 0 radical (unpaired) electrons. The van der Waals surface area contributed by atoms with Crippen molar-refractivity contribution < 1.29 is 22.0 Å². The van der Waals surface area contributed by atoms with Crippen molar-refractivity contribution in [3.05, 3.63) is 35.0 Å². The van der Waals surface area contributed by atoms with Crippen molar-refractivity contribution in [3.8, 4) is 0 Å². The zero-order chi connectivity index (χ0) is 15.8. The number of hydrogen-bond donors (Lipinski definition) is 1. The van der Waals surface area contributed by atoms with E-state index in [1.165, 1.54) is 6.92 Å². The Hall–Kier alpha value is -1.92. The Kier molecular flexibility index (Phi) is 4.02. The number of halogens is 5. The molecular formula is C14H13F5N2. The van der Waals surface area contributed by atoms with Gasteiger partial charge in [0.05, 0.1) is 11.1 Å². The van der Waals surface area contributed by atoms with Crippen molar-refractivity contribution in [1.82, 2.24) is 4.98 Å². The predicted molar refractivity (Wildman–Crippen MR) is 70.2 cm³/mol. The van der Waals surface area contributed by atoms with Crippen LogP contribution < -0.4 is 5.32 Å². The minimum Gasteiger partial charge on any atom is -0.384 e. The molecule has 0 aliphatic rings. The van der Waals surface area contributed by atoms with Gasteiger partial charge in [-0.1, -0.05) is 6.92 Å². The molecule has 1 aromatic carbocycles. The summed E-state index contributed by atoms with van der Waals surface area (Å²) in [5.74, 6) is -1.80. The molecule has 2 aromatic rings. The third-order valence-electron chi connectivity index (χ3n) is 3.10. The molecule has 1 aromatic heterocycles. The third-order valence-corrected chi connectivity index (χ3v) is 3.10. The van der Waals surface area contributed by atoms with Crippen LogP contribution in [0.2, 0.25) is 0 Å². The molecule has 2 rings (SSSR count). The third kappa shape index (κ3) is 2.77. The molecule has 0 amide bonds. The smallest absolute Gasteiger partial charge is 0.384 e. The first-order chi connectivity index (χ1) is 9.77. The molecule has 7 heteroatoms. The van der Waals surface area contributed by atoms with E-state index in [2.05, 4.69) is 10.3 Å². The van der Waals surface area contributed by atoms with Gasteiger partial charge in [-0.3, -0.25) is 0 Å². The standard InChI is InChI=1S/C14H13F5N2/c1-3-6-20-11-7(2)13(14(17,18)19)21-12-9(16)5-4-8(15)10(11)12/h4-5H,3,6H2,1-2H3,(H,20,21). The molecule has 0 aliphatic heterocycles. The first kappa shape index (κ1) is 15.5.